The Morgan fingerprint density at radius 3 is 2.87 bits per heavy atom. The van der Waals surface area contributed by atoms with Crippen molar-refractivity contribution in [2.24, 2.45) is 4.99 Å². The van der Waals surface area contributed by atoms with Gasteiger partial charge in [0.15, 0.2) is 11.8 Å². The van der Waals surface area contributed by atoms with Crippen LogP contribution in [-0.2, 0) is 13.1 Å². The minimum Gasteiger partial charge on any atom is -0.352 e. The van der Waals surface area contributed by atoms with Crippen molar-refractivity contribution in [3.05, 3.63) is 64.7 Å². The Bertz CT molecular complexity index is 749. The van der Waals surface area contributed by atoms with Gasteiger partial charge in [-0.2, -0.15) is 5.10 Å². The van der Waals surface area contributed by atoms with E-state index in [1.807, 2.05) is 30.5 Å². The molecular weight excluding hydrogens is 308 g/mol. The van der Waals surface area contributed by atoms with Crippen molar-refractivity contribution in [1.82, 2.24) is 25.4 Å². The lowest BCUT2D eigenvalue weighted by Crippen LogP contribution is -2.36. The Kier molecular flexibility index (Phi) is 5.00. The van der Waals surface area contributed by atoms with Crippen LogP contribution in [0.25, 0.3) is 5.82 Å². The molecule has 23 heavy (non-hydrogen) atoms. The van der Waals surface area contributed by atoms with Gasteiger partial charge in [-0.1, -0.05) is 6.07 Å². The Balaban J connectivity index is 1.57. The van der Waals surface area contributed by atoms with Gasteiger partial charge in [0.2, 0.25) is 0 Å². The smallest absolute Gasteiger partial charge is 0.191 e. The van der Waals surface area contributed by atoms with Crippen molar-refractivity contribution in [2.75, 3.05) is 7.05 Å². The number of hydrogen-bond acceptors (Lipinski definition) is 4. The molecule has 0 bridgehead atoms. The van der Waals surface area contributed by atoms with E-state index < -0.39 is 0 Å². The number of thiophene rings is 1. The number of hydrogen-bond donors (Lipinski definition) is 2. The number of rotatable bonds is 5. The molecule has 0 spiro atoms. The summed E-state index contributed by atoms with van der Waals surface area (Å²) in [5.74, 6) is 1.58. The minimum absolute atomic E-state index is 0.668. The third-order valence-electron chi connectivity index (χ3n) is 3.24. The largest absolute Gasteiger partial charge is 0.352 e. The fourth-order valence-corrected chi connectivity index (χ4v) is 2.74. The molecule has 2 N–H and O–H groups in total. The first-order valence-corrected chi connectivity index (χ1v) is 8.15. The summed E-state index contributed by atoms with van der Waals surface area (Å²) in [6, 6.07) is 10.0. The summed E-state index contributed by atoms with van der Waals surface area (Å²) < 4.78 is 1.74. The molecule has 3 rings (SSSR count). The second-order valence-electron chi connectivity index (χ2n) is 4.83. The number of aliphatic imine (C=N–C) groups is 1. The van der Waals surface area contributed by atoms with Crippen LogP contribution in [0.15, 0.2) is 59.3 Å². The lowest BCUT2D eigenvalue weighted by atomic mass is 10.2. The summed E-state index contributed by atoms with van der Waals surface area (Å²) in [5, 5.41) is 12.9. The molecule has 7 heteroatoms. The number of guanidine groups is 1. The molecule has 6 nitrogen and oxygen atoms in total. The second kappa shape index (κ2) is 7.55. The van der Waals surface area contributed by atoms with Gasteiger partial charge in [0.1, 0.15) is 0 Å². The average Bonchev–Trinajstić information content (AvgIpc) is 3.29. The topological polar surface area (TPSA) is 67.1 Å². The van der Waals surface area contributed by atoms with E-state index in [2.05, 4.69) is 37.2 Å². The van der Waals surface area contributed by atoms with Crippen molar-refractivity contribution < 1.29 is 0 Å². The molecular formula is C16H18N6S. The first-order valence-electron chi connectivity index (χ1n) is 7.27. The third-order valence-corrected chi connectivity index (χ3v) is 4.12. The van der Waals surface area contributed by atoms with Crippen LogP contribution in [-0.4, -0.2) is 27.8 Å². The molecule has 0 amide bonds. The number of nitrogens with zero attached hydrogens (tertiary/aromatic N) is 4. The molecule has 3 aromatic heterocycles. The molecule has 0 aliphatic carbocycles. The van der Waals surface area contributed by atoms with Gasteiger partial charge >= 0.3 is 0 Å². The van der Waals surface area contributed by atoms with E-state index >= 15 is 0 Å². The molecule has 3 heterocycles. The highest BCUT2D eigenvalue weighted by Crippen LogP contribution is 2.08. The Hall–Kier alpha value is -2.67. The van der Waals surface area contributed by atoms with Crippen molar-refractivity contribution >= 4 is 17.3 Å². The second-order valence-corrected chi connectivity index (χ2v) is 5.86. The van der Waals surface area contributed by atoms with E-state index in [0.29, 0.717) is 6.54 Å². The normalized spacial score (nSPS) is 11.4. The van der Waals surface area contributed by atoms with Crippen LogP contribution in [0, 0.1) is 0 Å². The van der Waals surface area contributed by atoms with Crippen LogP contribution < -0.4 is 10.6 Å². The van der Waals surface area contributed by atoms with Crippen LogP contribution in [0.2, 0.25) is 0 Å². The van der Waals surface area contributed by atoms with Crippen LogP contribution >= 0.6 is 11.3 Å². The zero-order chi connectivity index (χ0) is 15.9. The van der Waals surface area contributed by atoms with Crippen molar-refractivity contribution in [2.45, 2.75) is 13.1 Å². The van der Waals surface area contributed by atoms with E-state index in [0.717, 1.165) is 23.9 Å². The van der Waals surface area contributed by atoms with Gasteiger partial charge in [-0.15, -0.1) is 11.3 Å². The van der Waals surface area contributed by atoms with E-state index in [9.17, 15) is 0 Å². The summed E-state index contributed by atoms with van der Waals surface area (Å²) in [6.07, 6.45) is 5.40. The van der Waals surface area contributed by atoms with Gasteiger partial charge in [0.05, 0.1) is 6.54 Å². The van der Waals surface area contributed by atoms with E-state index in [-0.39, 0.29) is 0 Å². The lowest BCUT2D eigenvalue weighted by Gasteiger charge is -2.11. The molecule has 3 aromatic rings. The fraction of sp³-hybridized carbons (Fsp3) is 0.188. The van der Waals surface area contributed by atoms with Crippen molar-refractivity contribution in [3.63, 3.8) is 0 Å². The molecule has 0 fully saturated rings. The molecule has 0 aromatic carbocycles. The third kappa shape index (κ3) is 4.17. The number of aromatic nitrogens is 3. The highest BCUT2D eigenvalue weighted by molar-refractivity contribution is 7.09. The van der Waals surface area contributed by atoms with Crippen LogP contribution in [0.3, 0.4) is 0 Å². The van der Waals surface area contributed by atoms with Crippen LogP contribution in [0.4, 0.5) is 0 Å². The Morgan fingerprint density at radius 2 is 2.13 bits per heavy atom. The molecule has 0 radical (unpaired) electrons. The Morgan fingerprint density at radius 1 is 1.22 bits per heavy atom. The summed E-state index contributed by atoms with van der Waals surface area (Å²) in [6.45, 7) is 1.44. The molecule has 0 saturated heterocycles. The molecule has 0 aliphatic heterocycles. The maximum atomic E-state index is 4.33. The first-order chi connectivity index (χ1) is 11.3. The molecule has 118 valence electrons. The Labute approximate surface area is 138 Å². The maximum Gasteiger partial charge on any atom is 0.191 e. The van der Waals surface area contributed by atoms with Crippen LogP contribution in [0.1, 0.15) is 10.4 Å². The summed E-state index contributed by atoms with van der Waals surface area (Å²) in [7, 11) is 1.77. The van der Waals surface area contributed by atoms with Crippen molar-refractivity contribution in [3.8, 4) is 5.82 Å². The molecule has 0 saturated carbocycles. The van der Waals surface area contributed by atoms with E-state index in [1.54, 1.807) is 35.5 Å². The zero-order valence-electron chi connectivity index (χ0n) is 12.8. The first kappa shape index (κ1) is 15.2. The number of nitrogens with one attached hydrogen (secondary N) is 2. The van der Waals surface area contributed by atoms with Gasteiger partial charge < -0.3 is 10.6 Å². The highest BCUT2D eigenvalue weighted by Gasteiger charge is 2.02. The SMILES string of the molecule is CN=C(NCc1ccnc(-n2cccn2)c1)NCc1cccs1. The predicted octanol–water partition coefficient (Wildman–Crippen LogP) is 2.19. The monoisotopic (exact) mass is 326 g/mol. The average molecular weight is 326 g/mol. The minimum atomic E-state index is 0.668. The van der Waals surface area contributed by atoms with Gasteiger partial charge in [-0.3, -0.25) is 4.99 Å². The van der Waals surface area contributed by atoms with Gasteiger partial charge in [0, 0.05) is 37.1 Å². The zero-order valence-corrected chi connectivity index (χ0v) is 13.6. The predicted molar refractivity (Wildman–Crippen MR) is 92.7 cm³/mol. The summed E-state index contributed by atoms with van der Waals surface area (Å²) in [5.41, 5.74) is 1.12. The van der Waals surface area contributed by atoms with Crippen LogP contribution in [0.5, 0.6) is 0 Å². The number of pyridine rings is 1. The fourth-order valence-electron chi connectivity index (χ4n) is 2.09. The van der Waals surface area contributed by atoms with E-state index in [1.165, 1.54) is 4.88 Å². The van der Waals surface area contributed by atoms with Gasteiger partial charge in [-0.25, -0.2) is 9.67 Å². The maximum absolute atomic E-state index is 4.33. The molecule has 0 unspecified atom stereocenters. The lowest BCUT2D eigenvalue weighted by molar-refractivity contribution is 0.805. The highest BCUT2D eigenvalue weighted by atomic mass is 32.1. The van der Waals surface area contributed by atoms with Crippen molar-refractivity contribution in [1.29, 1.82) is 0 Å². The summed E-state index contributed by atoms with van der Waals surface area (Å²) in [4.78, 5) is 9.84. The quantitative estimate of drug-likeness (QED) is 0.557. The van der Waals surface area contributed by atoms with Gasteiger partial charge in [0.25, 0.3) is 0 Å². The summed E-state index contributed by atoms with van der Waals surface area (Å²) >= 11 is 1.73. The standard InChI is InChI=1S/C16H18N6S/c1-17-16(20-12-14-4-2-9-23-14)19-11-13-5-7-18-15(10-13)22-8-3-6-21-22/h2-10H,11-12H2,1H3,(H2,17,19,20). The van der Waals surface area contributed by atoms with Gasteiger partial charge in [-0.05, 0) is 35.2 Å². The molecule has 0 atom stereocenters. The molecule has 0 aliphatic rings. The van der Waals surface area contributed by atoms with E-state index in [4.69, 9.17) is 0 Å².